The van der Waals surface area contributed by atoms with Crippen molar-refractivity contribution in [3.05, 3.63) is 0 Å². The quantitative estimate of drug-likeness (QED) is 0.432. The van der Waals surface area contributed by atoms with Crippen molar-refractivity contribution in [3.8, 4) is 0 Å². The van der Waals surface area contributed by atoms with Gasteiger partial charge in [-0.2, -0.15) is 0 Å². The summed E-state index contributed by atoms with van der Waals surface area (Å²) in [6, 6.07) is 0. The Labute approximate surface area is 130 Å². The van der Waals surface area contributed by atoms with Crippen LogP contribution in [0, 0.1) is 23.7 Å². The van der Waals surface area contributed by atoms with Gasteiger partial charge in [-0.3, -0.25) is 0 Å². The van der Waals surface area contributed by atoms with Crippen molar-refractivity contribution in [2.45, 2.75) is 106 Å². The minimum absolute atomic E-state index is 1.16. The summed E-state index contributed by atoms with van der Waals surface area (Å²) in [7, 11) is 0. The molecular formula is C20H42. The molecule has 0 nitrogen and oxygen atoms in total. The first-order chi connectivity index (χ1) is 9.95. The lowest BCUT2D eigenvalue weighted by molar-refractivity contribution is 0.0278. The molecule has 0 saturated heterocycles. The summed E-state index contributed by atoms with van der Waals surface area (Å²) in [6.07, 6.45) is 15.7. The molecule has 0 aliphatic heterocycles. The number of hydrogen-bond acceptors (Lipinski definition) is 0. The number of rotatable bonds is 0. The first-order valence-corrected chi connectivity index (χ1v) is 9.95. The molecule has 122 valence electrons. The second-order valence-electron chi connectivity index (χ2n) is 5.99. The first-order valence-electron chi connectivity index (χ1n) is 9.95. The Kier molecular flexibility index (Phi) is 12.7. The minimum Gasteiger partial charge on any atom is -0.0683 e. The van der Waals surface area contributed by atoms with Crippen LogP contribution in [0.25, 0.3) is 0 Å². The highest BCUT2D eigenvalue weighted by atomic mass is 14.5. The van der Waals surface area contributed by atoms with E-state index in [1.165, 1.54) is 11.8 Å². The van der Waals surface area contributed by atoms with Crippen molar-refractivity contribution in [2.75, 3.05) is 0 Å². The van der Waals surface area contributed by atoms with E-state index < -0.39 is 0 Å². The van der Waals surface area contributed by atoms with Crippen LogP contribution in [0.2, 0.25) is 0 Å². The highest BCUT2D eigenvalue weighted by Crippen LogP contribution is 2.51. The second-order valence-corrected chi connectivity index (χ2v) is 5.99. The fraction of sp³-hybridized carbons (Fsp3) is 1.00. The predicted molar refractivity (Wildman–Crippen MR) is 94.2 cm³/mol. The van der Waals surface area contributed by atoms with Gasteiger partial charge in [0, 0.05) is 0 Å². The van der Waals surface area contributed by atoms with Crippen molar-refractivity contribution in [3.63, 3.8) is 0 Å². The van der Waals surface area contributed by atoms with E-state index in [1.807, 2.05) is 41.5 Å². The Morgan fingerprint density at radius 2 is 0.700 bits per heavy atom. The van der Waals surface area contributed by atoms with Crippen LogP contribution in [-0.2, 0) is 0 Å². The average molecular weight is 283 g/mol. The van der Waals surface area contributed by atoms with Gasteiger partial charge in [0.05, 0.1) is 0 Å². The van der Waals surface area contributed by atoms with Crippen LogP contribution in [0.3, 0.4) is 0 Å². The van der Waals surface area contributed by atoms with Gasteiger partial charge in [0.25, 0.3) is 0 Å². The SMILES string of the molecule is C1CCC2C(C1)CCC1CCCCC12.CC.CC.CC. The lowest BCUT2D eigenvalue weighted by atomic mass is 9.58. The second kappa shape index (κ2) is 12.7. The van der Waals surface area contributed by atoms with Crippen LogP contribution in [0.4, 0.5) is 0 Å². The summed E-state index contributed by atoms with van der Waals surface area (Å²) in [5, 5.41) is 0. The third-order valence-electron chi connectivity index (χ3n) is 5.39. The summed E-state index contributed by atoms with van der Waals surface area (Å²) < 4.78 is 0. The molecule has 3 rings (SSSR count). The molecule has 0 heterocycles. The fourth-order valence-electron chi connectivity index (χ4n) is 4.74. The van der Waals surface area contributed by atoms with E-state index in [2.05, 4.69) is 0 Å². The van der Waals surface area contributed by atoms with Gasteiger partial charge in [-0.25, -0.2) is 0 Å². The summed E-state index contributed by atoms with van der Waals surface area (Å²) in [6.45, 7) is 12.0. The predicted octanol–water partition coefficient (Wildman–Crippen LogP) is 7.47. The smallest absolute Gasteiger partial charge is 0.0355 e. The average Bonchev–Trinajstić information content (AvgIpc) is 2.60. The van der Waals surface area contributed by atoms with Crippen LogP contribution in [0.15, 0.2) is 0 Å². The van der Waals surface area contributed by atoms with Crippen LogP contribution in [0.5, 0.6) is 0 Å². The Hall–Kier alpha value is 0. The first kappa shape index (κ1) is 20.0. The third-order valence-corrected chi connectivity index (χ3v) is 5.39. The van der Waals surface area contributed by atoms with Crippen molar-refractivity contribution in [2.24, 2.45) is 23.7 Å². The van der Waals surface area contributed by atoms with Crippen molar-refractivity contribution in [1.82, 2.24) is 0 Å². The van der Waals surface area contributed by atoms with Crippen molar-refractivity contribution in [1.29, 1.82) is 0 Å². The maximum absolute atomic E-state index is 2.00. The Morgan fingerprint density at radius 1 is 0.400 bits per heavy atom. The molecular weight excluding hydrogens is 240 g/mol. The van der Waals surface area contributed by atoms with Crippen LogP contribution in [0.1, 0.15) is 106 Å². The molecule has 0 spiro atoms. The Bertz CT molecular complexity index is 174. The van der Waals surface area contributed by atoms with Gasteiger partial charge < -0.3 is 0 Å². The molecule has 3 fully saturated rings. The maximum Gasteiger partial charge on any atom is -0.0355 e. The van der Waals surface area contributed by atoms with Gasteiger partial charge in [-0.1, -0.05) is 80.1 Å². The van der Waals surface area contributed by atoms with Crippen molar-refractivity contribution >= 4 is 0 Å². The molecule has 0 aromatic carbocycles. The van der Waals surface area contributed by atoms with E-state index in [9.17, 15) is 0 Å². The summed E-state index contributed by atoms with van der Waals surface area (Å²) in [5.41, 5.74) is 0. The lowest BCUT2D eigenvalue weighted by Gasteiger charge is -2.48. The highest BCUT2D eigenvalue weighted by Gasteiger charge is 2.40. The van der Waals surface area contributed by atoms with Gasteiger partial charge in [0.15, 0.2) is 0 Å². The van der Waals surface area contributed by atoms with E-state index >= 15 is 0 Å². The standard InChI is InChI=1S/C14H24.3C2H6/c1-3-7-13-11(5-1)9-10-12-6-2-4-8-14(12)13;3*1-2/h11-14H,1-10H2;3*1-2H3. The van der Waals surface area contributed by atoms with Gasteiger partial charge in [-0.15, -0.1) is 0 Å². The largest absolute Gasteiger partial charge is 0.0683 e. The van der Waals surface area contributed by atoms with Crippen LogP contribution >= 0.6 is 0 Å². The van der Waals surface area contributed by atoms with E-state index in [0.29, 0.717) is 0 Å². The molecule has 3 aliphatic rings. The molecule has 0 aromatic rings. The van der Waals surface area contributed by atoms with Crippen LogP contribution in [-0.4, -0.2) is 0 Å². The molecule has 0 aromatic heterocycles. The molecule has 4 atom stereocenters. The molecule has 4 unspecified atom stereocenters. The topological polar surface area (TPSA) is 0 Å². The highest BCUT2D eigenvalue weighted by molar-refractivity contribution is 4.91. The molecule has 3 saturated carbocycles. The Morgan fingerprint density at radius 3 is 1.05 bits per heavy atom. The maximum atomic E-state index is 2.00. The summed E-state index contributed by atoms with van der Waals surface area (Å²) in [4.78, 5) is 0. The molecule has 0 N–H and O–H groups in total. The van der Waals surface area contributed by atoms with Crippen molar-refractivity contribution < 1.29 is 0 Å². The molecule has 0 radical (unpaired) electrons. The monoisotopic (exact) mass is 282 g/mol. The minimum atomic E-state index is 1.16. The zero-order valence-electron chi connectivity index (χ0n) is 15.4. The van der Waals surface area contributed by atoms with Gasteiger partial charge >= 0.3 is 0 Å². The third kappa shape index (κ3) is 5.41. The molecule has 0 heteroatoms. The van der Waals surface area contributed by atoms with Gasteiger partial charge in [0.2, 0.25) is 0 Å². The van der Waals surface area contributed by atoms with Crippen LogP contribution < -0.4 is 0 Å². The molecule has 3 aliphatic carbocycles. The van der Waals surface area contributed by atoms with Gasteiger partial charge in [-0.05, 0) is 49.4 Å². The van der Waals surface area contributed by atoms with E-state index in [4.69, 9.17) is 0 Å². The summed E-state index contributed by atoms with van der Waals surface area (Å²) >= 11 is 0. The van der Waals surface area contributed by atoms with E-state index in [1.54, 1.807) is 64.2 Å². The number of fused-ring (bicyclic) bond motifs is 3. The number of hydrogen-bond donors (Lipinski definition) is 0. The Balaban J connectivity index is 0.000000538. The summed E-state index contributed by atoms with van der Waals surface area (Å²) in [5.74, 6) is 4.65. The van der Waals surface area contributed by atoms with E-state index in [-0.39, 0.29) is 0 Å². The zero-order chi connectivity index (χ0) is 15.4. The normalized spacial score (nSPS) is 34.5. The zero-order valence-corrected chi connectivity index (χ0v) is 15.4. The molecule has 20 heavy (non-hydrogen) atoms. The fourth-order valence-corrected chi connectivity index (χ4v) is 4.74. The lowest BCUT2D eigenvalue weighted by Crippen LogP contribution is -2.38. The van der Waals surface area contributed by atoms with E-state index in [0.717, 1.165) is 11.8 Å². The van der Waals surface area contributed by atoms with Gasteiger partial charge in [0.1, 0.15) is 0 Å². The molecule has 0 bridgehead atoms. The molecule has 0 amide bonds.